The van der Waals surface area contributed by atoms with Crippen molar-refractivity contribution in [3.63, 3.8) is 0 Å². The first-order valence-electron chi connectivity index (χ1n) is 5.18. The molecule has 84 valence electrons. The van der Waals surface area contributed by atoms with E-state index < -0.39 is 0 Å². The monoisotopic (exact) mass is 209 g/mol. The quantitative estimate of drug-likeness (QED) is 0.729. The van der Waals surface area contributed by atoms with Crippen molar-refractivity contribution in [2.24, 2.45) is 0 Å². The first kappa shape index (κ1) is 12.0. The Balaban J connectivity index is 2.49. The largest absolute Gasteiger partial charge is 0.380 e. The molecule has 1 rings (SSSR count). The number of ether oxygens (including phenoxy) is 2. The van der Waals surface area contributed by atoms with Crippen LogP contribution in [0.4, 0.5) is 5.69 Å². The van der Waals surface area contributed by atoms with Crippen molar-refractivity contribution >= 4 is 5.69 Å². The Morgan fingerprint density at radius 1 is 1.27 bits per heavy atom. The van der Waals surface area contributed by atoms with Crippen LogP contribution < -0.4 is 5.32 Å². The van der Waals surface area contributed by atoms with Crippen LogP contribution in [0.3, 0.4) is 0 Å². The number of methoxy groups -OCH3 is 2. The van der Waals surface area contributed by atoms with Gasteiger partial charge in [0.25, 0.3) is 0 Å². The Hall–Kier alpha value is -1.06. The molecule has 0 unspecified atom stereocenters. The zero-order chi connectivity index (χ0) is 11.1. The lowest BCUT2D eigenvalue weighted by molar-refractivity contribution is -0.0914. The van der Waals surface area contributed by atoms with E-state index in [0.717, 1.165) is 12.1 Å². The Morgan fingerprint density at radius 2 is 2.00 bits per heavy atom. The van der Waals surface area contributed by atoms with Crippen LogP contribution in [0, 0.1) is 0 Å². The first-order valence-corrected chi connectivity index (χ1v) is 5.18. The maximum atomic E-state index is 5.09. The van der Waals surface area contributed by atoms with E-state index in [1.165, 1.54) is 5.56 Å². The molecule has 0 aliphatic rings. The van der Waals surface area contributed by atoms with E-state index in [2.05, 4.69) is 30.4 Å². The van der Waals surface area contributed by atoms with E-state index in [-0.39, 0.29) is 6.29 Å². The van der Waals surface area contributed by atoms with E-state index in [9.17, 15) is 0 Å². The summed E-state index contributed by atoms with van der Waals surface area (Å²) in [5.41, 5.74) is 2.43. The SMILES string of the molecule is CCc1cccc(NCC(OC)OC)c1. The molecule has 15 heavy (non-hydrogen) atoms. The highest BCUT2D eigenvalue weighted by Gasteiger charge is 2.03. The molecule has 0 saturated carbocycles. The highest BCUT2D eigenvalue weighted by atomic mass is 16.7. The molecule has 0 saturated heterocycles. The van der Waals surface area contributed by atoms with Crippen LogP contribution in [0.15, 0.2) is 24.3 Å². The van der Waals surface area contributed by atoms with Gasteiger partial charge >= 0.3 is 0 Å². The second-order valence-electron chi connectivity index (χ2n) is 3.34. The van der Waals surface area contributed by atoms with Crippen molar-refractivity contribution in [2.75, 3.05) is 26.1 Å². The van der Waals surface area contributed by atoms with E-state index in [1.807, 2.05) is 6.07 Å². The Bertz CT molecular complexity index is 285. The van der Waals surface area contributed by atoms with Gasteiger partial charge in [-0.1, -0.05) is 19.1 Å². The average Bonchev–Trinajstić information content (AvgIpc) is 2.31. The van der Waals surface area contributed by atoms with Crippen molar-refractivity contribution < 1.29 is 9.47 Å². The summed E-state index contributed by atoms with van der Waals surface area (Å²) >= 11 is 0. The van der Waals surface area contributed by atoms with Crippen LogP contribution in [-0.4, -0.2) is 27.1 Å². The molecule has 0 radical (unpaired) electrons. The summed E-state index contributed by atoms with van der Waals surface area (Å²) in [4.78, 5) is 0. The summed E-state index contributed by atoms with van der Waals surface area (Å²) in [5, 5.41) is 3.27. The number of hydrogen-bond acceptors (Lipinski definition) is 3. The number of rotatable bonds is 6. The van der Waals surface area contributed by atoms with Gasteiger partial charge in [-0.25, -0.2) is 0 Å². The average molecular weight is 209 g/mol. The molecule has 0 bridgehead atoms. The van der Waals surface area contributed by atoms with Crippen LogP contribution in [0.2, 0.25) is 0 Å². The predicted molar refractivity (Wildman–Crippen MR) is 62.1 cm³/mol. The van der Waals surface area contributed by atoms with Crippen molar-refractivity contribution in [2.45, 2.75) is 19.6 Å². The van der Waals surface area contributed by atoms with Crippen LogP contribution in [0.5, 0.6) is 0 Å². The minimum atomic E-state index is -0.199. The molecule has 1 aromatic rings. The minimum absolute atomic E-state index is 0.199. The summed E-state index contributed by atoms with van der Waals surface area (Å²) in [6.07, 6.45) is 0.850. The number of aryl methyl sites for hydroxylation is 1. The Kier molecular flexibility index (Phi) is 5.15. The molecule has 0 fully saturated rings. The zero-order valence-electron chi connectivity index (χ0n) is 9.62. The third-order valence-corrected chi connectivity index (χ3v) is 2.33. The molecule has 0 aliphatic carbocycles. The van der Waals surface area contributed by atoms with Gasteiger partial charge in [0.2, 0.25) is 0 Å². The third kappa shape index (κ3) is 3.90. The van der Waals surface area contributed by atoms with Crippen molar-refractivity contribution in [3.05, 3.63) is 29.8 Å². The van der Waals surface area contributed by atoms with Gasteiger partial charge in [0.15, 0.2) is 6.29 Å². The van der Waals surface area contributed by atoms with Gasteiger partial charge in [0.1, 0.15) is 0 Å². The molecule has 0 heterocycles. The fourth-order valence-electron chi connectivity index (χ4n) is 1.37. The highest BCUT2D eigenvalue weighted by Crippen LogP contribution is 2.11. The van der Waals surface area contributed by atoms with Crippen molar-refractivity contribution in [1.82, 2.24) is 0 Å². The lowest BCUT2D eigenvalue weighted by Crippen LogP contribution is -2.23. The number of anilines is 1. The summed E-state index contributed by atoms with van der Waals surface area (Å²) in [5.74, 6) is 0. The predicted octanol–water partition coefficient (Wildman–Crippen LogP) is 2.28. The molecular formula is C12H19NO2. The maximum absolute atomic E-state index is 5.09. The van der Waals surface area contributed by atoms with Crippen molar-refractivity contribution in [1.29, 1.82) is 0 Å². The van der Waals surface area contributed by atoms with Gasteiger partial charge < -0.3 is 14.8 Å². The van der Waals surface area contributed by atoms with Crippen molar-refractivity contribution in [3.8, 4) is 0 Å². The lowest BCUT2D eigenvalue weighted by Gasteiger charge is -2.15. The molecule has 0 spiro atoms. The molecule has 3 nitrogen and oxygen atoms in total. The van der Waals surface area contributed by atoms with Gasteiger partial charge in [0.05, 0.1) is 6.54 Å². The van der Waals surface area contributed by atoms with E-state index in [4.69, 9.17) is 9.47 Å². The van der Waals surface area contributed by atoms with Gasteiger partial charge in [-0.2, -0.15) is 0 Å². The van der Waals surface area contributed by atoms with Gasteiger partial charge in [-0.15, -0.1) is 0 Å². The molecule has 0 atom stereocenters. The molecule has 0 amide bonds. The Labute approximate surface area is 91.4 Å². The van der Waals surface area contributed by atoms with Gasteiger partial charge in [-0.3, -0.25) is 0 Å². The summed E-state index contributed by atoms with van der Waals surface area (Å²) in [6.45, 7) is 2.80. The van der Waals surface area contributed by atoms with Crippen LogP contribution >= 0.6 is 0 Å². The highest BCUT2D eigenvalue weighted by molar-refractivity contribution is 5.45. The molecule has 0 aromatic heterocycles. The van der Waals surface area contributed by atoms with Crippen LogP contribution in [0.25, 0.3) is 0 Å². The fourth-order valence-corrected chi connectivity index (χ4v) is 1.37. The molecule has 1 N–H and O–H groups in total. The first-order chi connectivity index (χ1) is 7.30. The summed E-state index contributed by atoms with van der Waals surface area (Å²) < 4.78 is 10.2. The van der Waals surface area contributed by atoms with Gasteiger partial charge in [-0.05, 0) is 24.1 Å². The zero-order valence-corrected chi connectivity index (χ0v) is 9.62. The van der Waals surface area contributed by atoms with Crippen LogP contribution in [0.1, 0.15) is 12.5 Å². The fraction of sp³-hybridized carbons (Fsp3) is 0.500. The third-order valence-electron chi connectivity index (χ3n) is 2.33. The van der Waals surface area contributed by atoms with Crippen LogP contribution in [-0.2, 0) is 15.9 Å². The molecule has 0 aliphatic heterocycles. The number of benzene rings is 1. The lowest BCUT2D eigenvalue weighted by atomic mass is 10.1. The maximum Gasteiger partial charge on any atom is 0.173 e. The minimum Gasteiger partial charge on any atom is -0.380 e. The number of nitrogens with one attached hydrogen (secondary N) is 1. The molecule has 3 heteroatoms. The van der Waals surface area contributed by atoms with Gasteiger partial charge in [0, 0.05) is 19.9 Å². The molecule has 1 aromatic carbocycles. The van der Waals surface area contributed by atoms with E-state index >= 15 is 0 Å². The summed E-state index contributed by atoms with van der Waals surface area (Å²) in [6, 6.07) is 8.36. The summed E-state index contributed by atoms with van der Waals surface area (Å²) in [7, 11) is 3.27. The topological polar surface area (TPSA) is 30.5 Å². The smallest absolute Gasteiger partial charge is 0.173 e. The second kappa shape index (κ2) is 6.43. The van der Waals surface area contributed by atoms with E-state index in [0.29, 0.717) is 6.54 Å². The van der Waals surface area contributed by atoms with E-state index in [1.54, 1.807) is 14.2 Å². The normalized spacial score (nSPS) is 10.7. The Morgan fingerprint density at radius 3 is 2.60 bits per heavy atom. The number of hydrogen-bond donors (Lipinski definition) is 1. The standard InChI is InChI=1S/C12H19NO2/c1-4-10-6-5-7-11(8-10)13-9-12(14-2)15-3/h5-8,12-13H,4,9H2,1-3H3. The second-order valence-corrected chi connectivity index (χ2v) is 3.34. The molecular weight excluding hydrogens is 190 g/mol.